The second-order valence-electron chi connectivity index (χ2n) is 4.34. The van der Waals surface area contributed by atoms with Crippen molar-refractivity contribution in [1.82, 2.24) is 10.2 Å². The van der Waals surface area contributed by atoms with E-state index in [1.54, 1.807) is 0 Å². The fourth-order valence-electron chi connectivity index (χ4n) is 2.01. The van der Waals surface area contributed by atoms with Gasteiger partial charge in [0.2, 0.25) is 5.91 Å². The molecule has 16 heavy (non-hydrogen) atoms. The molecule has 0 bridgehead atoms. The standard InChI is InChI=1S/C12H24N2O2/c1-4-11(5-2)13-10(3)12(15)14-6-8-16-9-7-14/h10-11,13H,4-9H2,1-3H3. The van der Waals surface area contributed by atoms with Gasteiger partial charge in [-0.15, -0.1) is 0 Å². The first kappa shape index (κ1) is 13.5. The Bertz CT molecular complexity index is 211. The van der Waals surface area contributed by atoms with E-state index in [0.29, 0.717) is 19.3 Å². The Hall–Kier alpha value is -0.610. The van der Waals surface area contributed by atoms with E-state index < -0.39 is 0 Å². The molecule has 4 heteroatoms. The van der Waals surface area contributed by atoms with Gasteiger partial charge >= 0.3 is 0 Å². The average molecular weight is 228 g/mol. The van der Waals surface area contributed by atoms with Crippen LogP contribution in [0.25, 0.3) is 0 Å². The lowest BCUT2D eigenvalue weighted by atomic mass is 10.1. The summed E-state index contributed by atoms with van der Waals surface area (Å²) in [7, 11) is 0. The molecule has 0 saturated carbocycles. The molecule has 1 rings (SSSR count). The lowest BCUT2D eigenvalue weighted by molar-refractivity contribution is -0.137. The first-order valence-electron chi connectivity index (χ1n) is 6.31. The third-order valence-electron chi connectivity index (χ3n) is 3.16. The first-order valence-corrected chi connectivity index (χ1v) is 6.31. The third kappa shape index (κ3) is 3.76. The van der Waals surface area contributed by atoms with Gasteiger partial charge in [-0.2, -0.15) is 0 Å². The summed E-state index contributed by atoms with van der Waals surface area (Å²) in [5.41, 5.74) is 0. The van der Waals surface area contributed by atoms with Crippen molar-refractivity contribution in [1.29, 1.82) is 0 Å². The number of hydrogen-bond acceptors (Lipinski definition) is 3. The number of rotatable bonds is 5. The molecule has 0 aromatic heterocycles. The summed E-state index contributed by atoms with van der Waals surface area (Å²) in [6, 6.07) is 0.364. The second kappa shape index (κ2) is 6.86. The summed E-state index contributed by atoms with van der Waals surface area (Å²) in [5.74, 6) is 0.204. The number of nitrogens with one attached hydrogen (secondary N) is 1. The molecule has 1 amide bonds. The Kier molecular flexibility index (Phi) is 5.77. The zero-order valence-electron chi connectivity index (χ0n) is 10.7. The van der Waals surface area contributed by atoms with Crippen molar-refractivity contribution in [2.24, 2.45) is 0 Å². The number of hydrogen-bond donors (Lipinski definition) is 1. The molecular formula is C12H24N2O2. The molecule has 1 fully saturated rings. The minimum atomic E-state index is -0.0806. The van der Waals surface area contributed by atoms with Gasteiger partial charge in [0.15, 0.2) is 0 Å². The number of ether oxygens (including phenoxy) is 1. The lowest BCUT2D eigenvalue weighted by Gasteiger charge is -2.30. The number of nitrogens with zero attached hydrogens (tertiary/aromatic N) is 1. The predicted molar refractivity (Wildman–Crippen MR) is 64.4 cm³/mol. The Balaban J connectivity index is 2.39. The molecule has 1 atom stereocenters. The van der Waals surface area contributed by atoms with E-state index >= 15 is 0 Å². The Morgan fingerprint density at radius 1 is 1.31 bits per heavy atom. The smallest absolute Gasteiger partial charge is 0.239 e. The minimum Gasteiger partial charge on any atom is -0.378 e. The largest absolute Gasteiger partial charge is 0.378 e. The summed E-state index contributed by atoms with van der Waals surface area (Å²) in [6.07, 6.45) is 2.13. The zero-order valence-corrected chi connectivity index (χ0v) is 10.7. The fraction of sp³-hybridized carbons (Fsp3) is 0.917. The number of carbonyl (C=O) groups excluding carboxylic acids is 1. The van der Waals surface area contributed by atoms with E-state index in [-0.39, 0.29) is 11.9 Å². The first-order chi connectivity index (χ1) is 7.69. The van der Waals surface area contributed by atoms with Crippen LogP contribution in [0.2, 0.25) is 0 Å². The van der Waals surface area contributed by atoms with Gasteiger partial charge in [-0.25, -0.2) is 0 Å². The van der Waals surface area contributed by atoms with Gasteiger partial charge in [0.1, 0.15) is 0 Å². The molecule has 1 N–H and O–H groups in total. The summed E-state index contributed by atoms with van der Waals surface area (Å²) in [5, 5.41) is 3.38. The molecule has 0 spiro atoms. The van der Waals surface area contributed by atoms with Crippen LogP contribution in [0.3, 0.4) is 0 Å². The quantitative estimate of drug-likeness (QED) is 0.763. The van der Waals surface area contributed by atoms with Gasteiger partial charge in [-0.3, -0.25) is 4.79 Å². The number of morpholine rings is 1. The van der Waals surface area contributed by atoms with Crippen molar-refractivity contribution < 1.29 is 9.53 Å². The van der Waals surface area contributed by atoms with Crippen molar-refractivity contribution in [2.45, 2.75) is 45.7 Å². The summed E-state index contributed by atoms with van der Waals surface area (Å²) in [6.45, 7) is 9.05. The summed E-state index contributed by atoms with van der Waals surface area (Å²) in [4.78, 5) is 14.0. The Morgan fingerprint density at radius 2 is 1.88 bits per heavy atom. The van der Waals surface area contributed by atoms with Crippen LogP contribution >= 0.6 is 0 Å². The van der Waals surface area contributed by atoms with Gasteiger partial charge in [-0.1, -0.05) is 13.8 Å². The highest BCUT2D eigenvalue weighted by Crippen LogP contribution is 2.03. The number of amides is 1. The van der Waals surface area contributed by atoms with Crippen LogP contribution in [-0.2, 0) is 9.53 Å². The Labute approximate surface area is 98.3 Å². The van der Waals surface area contributed by atoms with E-state index in [2.05, 4.69) is 19.2 Å². The third-order valence-corrected chi connectivity index (χ3v) is 3.16. The van der Waals surface area contributed by atoms with Crippen LogP contribution in [0.1, 0.15) is 33.6 Å². The van der Waals surface area contributed by atoms with Gasteiger partial charge in [-0.05, 0) is 19.8 Å². The van der Waals surface area contributed by atoms with Gasteiger partial charge in [0.05, 0.1) is 19.3 Å². The molecule has 4 nitrogen and oxygen atoms in total. The second-order valence-corrected chi connectivity index (χ2v) is 4.34. The van der Waals surface area contributed by atoms with Crippen molar-refractivity contribution >= 4 is 5.91 Å². The lowest BCUT2D eigenvalue weighted by Crippen LogP contribution is -2.51. The monoisotopic (exact) mass is 228 g/mol. The van der Waals surface area contributed by atoms with E-state index in [1.807, 2.05) is 11.8 Å². The predicted octanol–water partition coefficient (Wildman–Crippen LogP) is 1.01. The van der Waals surface area contributed by atoms with E-state index in [0.717, 1.165) is 25.9 Å². The maximum Gasteiger partial charge on any atom is 0.239 e. The number of carbonyl (C=O) groups is 1. The van der Waals surface area contributed by atoms with Crippen LogP contribution in [-0.4, -0.2) is 49.2 Å². The van der Waals surface area contributed by atoms with Crippen molar-refractivity contribution in [3.8, 4) is 0 Å². The Morgan fingerprint density at radius 3 is 2.38 bits per heavy atom. The highest BCUT2D eigenvalue weighted by molar-refractivity contribution is 5.81. The topological polar surface area (TPSA) is 41.6 Å². The molecule has 0 aromatic carbocycles. The van der Waals surface area contributed by atoms with Gasteiger partial charge in [0, 0.05) is 19.1 Å². The maximum atomic E-state index is 12.1. The molecule has 1 aliphatic heterocycles. The molecule has 94 valence electrons. The van der Waals surface area contributed by atoms with Crippen molar-refractivity contribution in [3.05, 3.63) is 0 Å². The minimum absolute atomic E-state index is 0.0806. The van der Waals surface area contributed by atoms with Crippen LogP contribution in [0, 0.1) is 0 Å². The summed E-state index contributed by atoms with van der Waals surface area (Å²) >= 11 is 0. The van der Waals surface area contributed by atoms with E-state index in [9.17, 15) is 4.79 Å². The molecule has 0 aliphatic carbocycles. The van der Waals surface area contributed by atoms with E-state index in [1.165, 1.54) is 0 Å². The fourth-order valence-corrected chi connectivity index (χ4v) is 2.01. The van der Waals surface area contributed by atoms with Gasteiger partial charge < -0.3 is 15.0 Å². The van der Waals surface area contributed by atoms with Gasteiger partial charge in [0.25, 0.3) is 0 Å². The molecule has 0 aromatic rings. The molecule has 1 heterocycles. The van der Waals surface area contributed by atoms with Crippen molar-refractivity contribution in [3.63, 3.8) is 0 Å². The molecule has 1 aliphatic rings. The van der Waals surface area contributed by atoms with Crippen LogP contribution < -0.4 is 5.32 Å². The highest BCUT2D eigenvalue weighted by atomic mass is 16.5. The van der Waals surface area contributed by atoms with Crippen LogP contribution in [0.4, 0.5) is 0 Å². The summed E-state index contributed by atoms with van der Waals surface area (Å²) < 4.78 is 5.24. The molecular weight excluding hydrogens is 204 g/mol. The molecule has 1 saturated heterocycles. The highest BCUT2D eigenvalue weighted by Gasteiger charge is 2.23. The zero-order chi connectivity index (χ0) is 12.0. The SMILES string of the molecule is CCC(CC)NC(C)C(=O)N1CCOCC1. The molecule has 1 unspecified atom stereocenters. The van der Waals surface area contributed by atoms with Crippen molar-refractivity contribution in [2.75, 3.05) is 26.3 Å². The molecule has 0 radical (unpaired) electrons. The average Bonchev–Trinajstić information content (AvgIpc) is 2.35. The maximum absolute atomic E-state index is 12.1. The van der Waals surface area contributed by atoms with Crippen LogP contribution in [0.15, 0.2) is 0 Å². The van der Waals surface area contributed by atoms with E-state index in [4.69, 9.17) is 4.74 Å². The normalized spacial score (nSPS) is 18.9. The van der Waals surface area contributed by atoms with Crippen LogP contribution in [0.5, 0.6) is 0 Å².